The highest BCUT2D eigenvalue weighted by Crippen LogP contribution is 2.24. The number of amides is 1. The van der Waals surface area contributed by atoms with Gasteiger partial charge in [-0.05, 0) is 38.0 Å². The first kappa shape index (κ1) is 23.3. The summed E-state index contributed by atoms with van der Waals surface area (Å²) in [5, 5.41) is 10.0. The fourth-order valence-corrected chi connectivity index (χ4v) is 2.86. The van der Waals surface area contributed by atoms with E-state index in [1.165, 1.54) is 0 Å². The quantitative estimate of drug-likeness (QED) is 0.236. The van der Waals surface area contributed by atoms with Crippen molar-refractivity contribution in [2.75, 3.05) is 33.3 Å². The third-order valence-electron chi connectivity index (χ3n) is 4.04. The second kappa shape index (κ2) is 11.2. The number of guanidine groups is 1. The number of aliphatic imine (C=N–C) groups is 1. The van der Waals surface area contributed by atoms with Gasteiger partial charge < -0.3 is 20.7 Å². The standard InChI is InChI=1S/C17H24Cl2N4O2.HI/c1-17(6-3-9-25-17)11-23-16(20-2)22-8-7-21-15(24)12-4-5-13(18)14(19)10-12;/h4-5,10H,3,6-9,11H2,1-2H3,(H,21,24)(H2,20,22,23);1H. The number of halogens is 3. The average Bonchev–Trinajstić information content (AvgIpc) is 3.03. The number of hydrogen-bond donors (Lipinski definition) is 3. The van der Waals surface area contributed by atoms with Crippen LogP contribution in [0.25, 0.3) is 0 Å². The zero-order valence-electron chi connectivity index (χ0n) is 14.9. The van der Waals surface area contributed by atoms with E-state index in [9.17, 15) is 4.79 Å². The molecule has 1 amide bonds. The van der Waals surface area contributed by atoms with Crippen LogP contribution in [-0.4, -0.2) is 50.8 Å². The minimum Gasteiger partial charge on any atom is -0.373 e. The number of hydrogen-bond acceptors (Lipinski definition) is 3. The molecule has 1 aliphatic rings. The molecule has 1 atom stereocenters. The second-order valence-corrected chi connectivity index (χ2v) is 6.95. The van der Waals surface area contributed by atoms with Crippen LogP contribution in [0.15, 0.2) is 23.2 Å². The monoisotopic (exact) mass is 514 g/mol. The van der Waals surface area contributed by atoms with Crippen LogP contribution in [-0.2, 0) is 4.74 Å². The van der Waals surface area contributed by atoms with E-state index in [1.54, 1.807) is 25.2 Å². The van der Waals surface area contributed by atoms with Crippen LogP contribution >= 0.6 is 47.2 Å². The van der Waals surface area contributed by atoms with Gasteiger partial charge >= 0.3 is 0 Å². The van der Waals surface area contributed by atoms with Crippen molar-refractivity contribution in [1.82, 2.24) is 16.0 Å². The lowest BCUT2D eigenvalue weighted by Crippen LogP contribution is -2.47. The number of nitrogens with one attached hydrogen (secondary N) is 3. The Bertz CT molecular complexity index is 637. The molecule has 26 heavy (non-hydrogen) atoms. The summed E-state index contributed by atoms with van der Waals surface area (Å²) in [5.74, 6) is 0.482. The van der Waals surface area contributed by atoms with Crippen LogP contribution in [0.1, 0.15) is 30.1 Å². The lowest BCUT2D eigenvalue weighted by molar-refractivity contribution is 0.0243. The Morgan fingerprint density at radius 2 is 1.96 bits per heavy atom. The first-order valence-electron chi connectivity index (χ1n) is 8.25. The third kappa shape index (κ3) is 7.09. The predicted octanol–water partition coefficient (Wildman–Crippen LogP) is 3.08. The molecule has 1 aliphatic heterocycles. The maximum Gasteiger partial charge on any atom is 0.251 e. The number of rotatable bonds is 6. The van der Waals surface area contributed by atoms with Gasteiger partial charge in [0.1, 0.15) is 0 Å². The Kier molecular flexibility index (Phi) is 9.99. The van der Waals surface area contributed by atoms with Crippen LogP contribution in [0.4, 0.5) is 0 Å². The number of carbonyl (C=O) groups excluding carboxylic acids is 1. The Morgan fingerprint density at radius 1 is 1.23 bits per heavy atom. The summed E-state index contributed by atoms with van der Waals surface area (Å²) < 4.78 is 5.74. The van der Waals surface area contributed by atoms with E-state index in [-0.39, 0.29) is 35.5 Å². The third-order valence-corrected chi connectivity index (χ3v) is 4.78. The average molecular weight is 515 g/mol. The highest BCUT2D eigenvalue weighted by molar-refractivity contribution is 14.0. The lowest BCUT2D eigenvalue weighted by atomic mass is 10.0. The molecule has 1 fully saturated rings. The molecule has 0 aromatic heterocycles. The van der Waals surface area contributed by atoms with Gasteiger partial charge in [-0.3, -0.25) is 9.79 Å². The molecule has 146 valence electrons. The molecule has 2 rings (SSSR count). The molecule has 0 bridgehead atoms. The fourth-order valence-electron chi connectivity index (χ4n) is 2.56. The minimum atomic E-state index is -0.199. The normalized spacial score (nSPS) is 19.6. The molecule has 1 aromatic carbocycles. The Morgan fingerprint density at radius 3 is 2.58 bits per heavy atom. The molecule has 1 aromatic rings. The second-order valence-electron chi connectivity index (χ2n) is 6.14. The van der Waals surface area contributed by atoms with E-state index in [2.05, 4.69) is 27.9 Å². The summed E-state index contributed by atoms with van der Waals surface area (Å²) in [6.45, 7) is 4.60. The van der Waals surface area contributed by atoms with Gasteiger partial charge in [0.25, 0.3) is 5.91 Å². The van der Waals surface area contributed by atoms with Gasteiger partial charge in [-0.2, -0.15) is 0 Å². The van der Waals surface area contributed by atoms with E-state index < -0.39 is 0 Å². The van der Waals surface area contributed by atoms with Crippen LogP contribution < -0.4 is 16.0 Å². The maximum absolute atomic E-state index is 12.1. The zero-order chi connectivity index (χ0) is 18.3. The molecule has 1 saturated heterocycles. The number of benzene rings is 1. The number of carbonyl (C=O) groups is 1. The lowest BCUT2D eigenvalue weighted by Gasteiger charge is -2.24. The first-order valence-corrected chi connectivity index (χ1v) is 9.01. The van der Waals surface area contributed by atoms with Crippen molar-refractivity contribution in [3.8, 4) is 0 Å². The van der Waals surface area contributed by atoms with E-state index in [0.29, 0.717) is 41.2 Å². The van der Waals surface area contributed by atoms with Crippen LogP contribution in [0.3, 0.4) is 0 Å². The summed E-state index contributed by atoms with van der Waals surface area (Å²) in [6.07, 6.45) is 2.13. The molecule has 1 unspecified atom stereocenters. The van der Waals surface area contributed by atoms with Crippen LogP contribution in [0, 0.1) is 0 Å². The summed E-state index contributed by atoms with van der Waals surface area (Å²) >= 11 is 11.8. The molecule has 1 heterocycles. The number of ether oxygens (including phenoxy) is 1. The molecular formula is C17H25Cl2IN4O2. The van der Waals surface area contributed by atoms with Crippen molar-refractivity contribution >= 4 is 59.0 Å². The summed E-state index contributed by atoms with van der Waals surface area (Å²) in [4.78, 5) is 16.2. The van der Waals surface area contributed by atoms with Gasteiger partial charge in [-0.1, -0.05) is 23.2 Å². The van der Waals surface area contributed by atoms with Crippen molar-refractivity contribution in [2.45, 2.75) is 25.4 Å². The molecule has 9 heteroatoms. The van der Waals surface area contributed by atoms with Gasteiger partial charge in [0, 0.05) is 38.9 Å². The topological polar surface area (TPSA) is 74.8 Å². The van der Waals surface area contributed by atoms with Gasteiger partial charge in [0.2, 0.25) is 0 Å². The predicted molar refractivity (Wildman–Crippen MR) is 117 cm³/mol. The van der Waals surface area contributed by atoms with Crippen molar-refractivity contribution in [2.24, 2.45) is 4.99 Å². The molecule has 0 spiro atoms. The Balaban J connectivity index is 0.00000338. The Hall–Kier alpha value is -0.770. The maximum atomic E-state index is 12.1. The van der Waals surface area contributed by atoms with Crippen LogP contribution in [0.5, 0.6) is 0 Å². The van der Waals surface area contributed by atoms with Gasteiger partial charge in [0.05, 0.1) is 15.6 Å². The SMILES string of the molecule is CN=C(NCCNC(=O)c1ccc(Cl)c(Cl)c1)NCC1(C)CCCO1.I. The van der Waals surface area contributed by atoms with E-state index in [0.717, 1.165) is 19.4 Å². The number of nitrogens with zero attached hydrogens (tertiary/aromatic N) is 1. The summed E-state index contributed by atoms with van der Waals surface area (Å²) in [5.41, 5.74) is 0.336. The van der Waals surface area contributed by atoms with E-state index in [1.807, 2.05) is 0 Å². The highest BCUT2D eigenvalue weighted by atomic mass is 127. The fraction of sp³-hybridized carbons (Fsp3) is 0.529. The molecular weight excluding hydrogens is 490 g/mol. The molecule has 0 saturated carbocycles. The summed E-state index contributed by atoms with van der Waals surface area (Å²) in [6, 6.07) is 4.80. The van der Waals surface area contributed by atoms with Crippen molar-refractivity contribution in [3.63, 3.8) is 0 Å². The highest BCUT2D eigenvalue weighted by Gasteiger charge is 2.29. The van der Waals surface area contributed by atoms with Gasteiger partial charge in [-0.25, -0.2) is 0 Å². The van der Waals surface area contributed by atoms with Crippen molar-refractivity contribution in [3.05, 3.63) is 33.8 Å². The Labute approximate surface area is 181 Å². The molecule has 3 N–H and O–H groups in total. The molecule has 0 aliphatic carbocycles. The van der Waals surface area contributed by atoms with Gasteiger partial charge in [-0.15, -0.1) is 24.0 Å². The minimum absolute atomic E-state index is 0. The van der Waals surface area contributed by atoms with Crippen molar-refractivity contribution in [1.29, 1.82) is 0 Å². The largest absolute Gasteiger partial charge is 0.373 e. The van der Waals surface area contributed by atoms with E-state index in [4.69, 9.17) is 27.9 Å². The zero-order valence-corrected chi connectivity index (χ0v) is 18.7. The van der Waals surface area contributed by atoms with Gasteiger partial charge in [0.15, 0.2) is 5.96 Å². The van der Waals surface area contributed by atoms with Crippen LogP contribution in [0.2, 0.25) is 10.0 Å². The molecule has 6 nitrogen and oxygen atoms in total. The molecule has 0 radical (unpaired) electrons. The smallest absolute Gasteiger partial charge is 0.251 e. The summed E-state index contributed by atoms with van der Waals surface area (Å²) in [7, 11) is 1.71. The van der Waals surface area contributed by atoms with E-state index >= 15 is 0 Å². The van der Waals surface area contributed by atoms with Crippen molar-refractivity contribution < 1.29 is 9.53 Å². The first-order chi connectivity index (χ1) is 11.9.